The summed E-state index contributed by atoms with van der Waals surface area (Å²) in [5, 5.41) is 2.80. The van der Waals surface area contributed by atoms with Gasteiger partial charge in [0.25, 0.3) is 5.91 Å². The van der Waals surface area contributed by atoms with Gasteiger partial charge >= 0.3 is 5.97 Å². The Balaban J connectivity index is 1.81. The van der Waals surface area contributed by atoms with Crippen molar-refractivity contribution in [3.05, 3.63) is 59.7 Å². The molecule has 5 nitrogen and oxygen atoms in total. The number of esters is 1. The van der Waals surface area contributed by atoms with Crippen LogP contribution in [-0.2, 0) is 16.0 Å². The number of unbranched alkanes of at least 4 members (excludes halogenated alkanes) is 3. The first-order valence-corrected chi connectivity index (χ1v) is 10.4. The van der Waals surface area contributed by atoms with E-state index in [9.17, 15) is 9.59 Å². The molecule has 0 fully saturated rings. The first-order valence-electron chi connectivity index (χ1n) is 10.4. The quantitative estimate of drug-likeness (QED) is 0.408. The average Bonchev–Trinajstić information content (AvgIpc) is 2.74. The highest BCUT2D eigenvalue weighted by atomic mass is 16.5. The lowest BCUT2D eigenvalue weighted by Gasteiger charge is -2.15. The summed E-state index contributed by atoms with van der Waals surface area (Å²) >= 11 is 0. The van der Waals surface area contributed by atoms with E-state index in [1.54, 1.807) is 31.2 Å². The number of hydrogen-bond donors (Lipinski definition) is 1. The van der Waals surface area contributed by atoms with E-state index in [2.05, 4.69) is 19.2 Å². The molecule has 5 heteroatoms. The fraction of sp³-hybridized carbons (Fsp3) is 0.417. The smallest absolute Gasteiger partial charge is 0.338 e. The summed E-state index contributed by atoms with van der Waals surface area (Å²) < 4.78 is 11.0. The second kappa shape index (κ2) is 11.9. The number of benzene rings is 2. The Morgan fingerprint density at radius 1 is 0.931 bits per heavy atom. The third kappa shape index (κ3) is 7.60. The molecule has 0 aromatic heterocycles. The van der Waals surface area contributed by atoms with Crippen LogP contribution in [0.15, 0.2) is 48.5 Å². The van der Waals surface area contributed by atoms with Gasteiger partial charge in [-0.15, -0.1) is 0 Å². The Kier molecular flexibility index (Phi) is 9.22. The summed E-state index contributed by atoms with van der Waals surface area (Å²) in [6.45, 7) is 6.37. The molecule has 0 saturated heterocycles. The molecule has 0 spiro atoms. The molecule has 29 heavy (non-hydrogen) atoms. The first-order chi connectivity index (χ1) is 14.0. The van der Waals surface area contributed by atoms with Crippen LogP contribution in [0, 0.1) is 0 Å². The van der Waals surface area contributed by atoms with Gasteiger partial charge in [0.2, 0.25) is 0 Å². The number of ether oxygens (including phenoxy) is 2. The zero-order valence-corrected chi connectivity index (χ0v) is 17.6. The summed E-state index contributed by atoms with van der Waals surface area (Å²) in [7, 11) is 0. The predicted molar refractivity (Wildman–Crippen MR) is 115 cm³/mol. The Morgan fingerprint density at radius 3 is 2.24 bits per heavy atom. The standard InChI is InChI=1S/C24H31NO4/c1-4-6-7-8-17-28-24(27)20-11-13-21(14-12-20)25-23(26)18(3)29-22-15-9-19(5-2)10-16-22/h9-16,18H,4-8,17H2,1-3H3,(H,25,26). The highest BCUT2D eigenvalue weighted by Gasteiger charge is 2.15. The van der Waals surface area contributed by atoms with Crippen LogP contribution in [0.4, 0.5) is 5.69 Å². The molecule has 1 amide bonds. The van der Waals surface area contributed by atoms with Crippen molar-refractivity contribution in [2.75, 3.05) is 11.9 Å². The number of anilines is 1. The highest BCUT2D eigenvalue weighted by Crippen LogP contribution is 2.16. The molecule has 0 saturated carbocycles. The van der Waals surface area contributed by atoms with Gasteiger partial charge in [-0.05, 0) is 61.7 Å². The second-order valence-corrected chi connectivity index (χ2v) is 7.02. The van der Waals surface area contributed by atoms with Crippen molar-refractivity contribution in [1.29, 1.82) is 0 Å². The van der Waals surface area contributed by atoms with Crippen LogP contribution in [0.5, 0.6) is 5.75 Å². The van der Waals surface area contributed by atoms with E-state index >= 15 is 0 Å². The summed E-state index contributed by atoms with van der Waals surface area (Å²) in [4.78, 5) is 24.4. The second-order valence-electron chi connectivity index (χ2n) is 7.02. The monoisotopic (exact) mass is 397 g/mol. The number of rotatable bonds is 11. The maximum atomic E-state index is 12.4. The van der Waals surface area contributed by atoms with Crippen molar-refractivity contribution in [3.63, 3.8) is 0 Å². The van der Waals surface area contributed by atoms with Gasteiger partial charge in [0, 0.05) is 5.69 Å². The van der Waals surface area contributed by atoms with Gasteiger partial charge < -0.3 is 14.8 Å². The van der Waals surface area contributed by atoms with Crippen LogP contribution < -0.4 is 10.1 Å². The van der Waals surface area contributed by atoms with Crippen molar-refractivity contribution >= 4 is 17.6 Å². The number of amides is 1. The summed E-state index contributed by atoms with van der Waals surface area (Å²) in [6.07, 6.45) is 4.56. The van der Waals surface area contributed by atoms with Gasteiger partial charge in [0.15, 0.2) is 6.10 Å². The largest absolute Gasteiger partial charge is 0.481 e. The molecule has 0 aliphatic rings. The van der Waals surface area contributed by atoms with Crippen LogP contribution in [0.2, 0.25) is 0 Å². The molecule has 1 atom stereocenters. The molecule has 0 heterocycles. The Morgan fingerprint density at radius 2 is 1.62 bits per heavy atom. The summed E-state index contributed by atoms with van der Waals surface area (Å²) in [5.74, 6) is 0.0595. The predicted octanol–water partition coefficient (Wildman–Crippen LogP) is 5.39. The van der Waals surface area contributed by atoms with E-state index in [-0.39, 0.29) is 11.9 Å². The topological polar surface area (TPSA) is 64.6 Å². The molecule has 2 aromatic carbocycles. The molecule has 0 bridgehead atoms. The van der Waals surface area contributed by atoms with Crippen LogP contribution >= 0.6 is 0 Å². The number of carbonyl (C=O) groups excluding carboxylic acids is 2. The van der Waals surface area contributed by atoms with E-state index in [1.807, 2.05) is 24.3 Å². The maximum Gasteiger partial charge on any atom is 0.338 e. The zero-order chi connectivity index (χ0) is 21.1. The highest BCUT2D eigenvalue weighted by molar-refractivity contribution is 5.95. The lowest BCUT2D eigenvalue weighted by molar-refractivity contribution is -0.122. The number of carbonyl (C=O) groups is 2. The van der Waals surface area contributed by atoms with Crippen LogP contribution in [0.1, 0.15) is 62.4 Å². The van der Waals surface area contributed by atoms with Crippen molar-refractivity contribution < 1.29 is 19.1 Å². The van der Waals surface area contributed by atoms with E-state index in [0.717, 1.165) is 32.1 Å². The van der Waals surface area contributed by atoms with Crippen molar-refractivity contribution in [2.24, 2.45) is 0 Å². The number of hydrogen-bond acceptors (Lipinski definition) is 4. The van der Waals surface area contributed by atoms with Crippen molar-refractivity contribution in [1.82, 2.24) is 0 Å². The lowest BCUT2D eigenvalue weighted by atomic mass is 10.2. The van der Waals surface area contributed by atoms with Gasteiger partial charge in [-0.3, -0.25) is 4.79 Å². The fourth-order valence-corrected chi connectivity index (χ4v) is 2.77. The van der Waals surface area contributed by atoms with Crippen LogP contribution in [-0.4, -0.2) is 24.6 Å². The maximum absolute atomic E-state index is 12.4. The van der Waals surface area contributed by atoms with Crippen molar-refractivity contribution in [2.45, 2.75) is 59.0 Å². The average molecular weight is 398 g/mol. The Labute approximate surface area is 173 Å². The molecule has 2 aromatic rings. The zero-order valence-electron chi connectivity index (χ0n) is 17.6. The van der Waals surface area contributed by atoms with E-state index in [1.165, 1.54) is 5.56 Å². The normalized spacial score (nSPS) is 11.6. The van der Waals surface area contributed by atoms with Crippen LogP contribution in [0.3, 0.4) is 0 Å². The Bertz CT molecular complexity index is 768. The minimum Gasteiger partial charge on any atom is -0.481 e. The van der Waals surface area contributed by atoms with Crippen molar-refractivity contribution in [3.8, 4) is 5.75 Å². The molecule has 0 radical (unpaired) electrons. The first kappa shape index (κ1) is 22.5. The van der Waals surface area contributed by atoms with Gasteiger partial charge in [-0.1, -0.05) is 45.2 Å². The minimum atomic E-state index is -0.643. The molecule has 1 N–H and O–H groups in total. The third-order valence-electron chi connectivity index (χ3n) is 4.63. The van der Waals surface area contributed by atoms with Gasteiger partial charge in [-0.2, -0.15) is 0 Å². The molecule has 0 aliphatic carbocycles. The molecule has 1 unspecified atom stereocenters. The van der Waals surface area contributed by atoms with E-state index < -0.39 is 6.10 Å². The minimum absolute atomic E-state index is 0.254. The lowest BCUT2D eigenvalue weighted by Crippen LogP contribution is -2.30. The molecular weight excluding hydrogens is 366 g/mol. The molecule has 0 aliphatic heterocycles. The van der Waals surface area contributed by atoms with Gasteiger partial charge in [-0.25, -0.2) is 4.79 Å². The molecule has 156 valence electrons. The molecule has 2 rings (SSSR count). The summed E-state index contributed by atoms with van der Waals surface area (Å²) in [5.41, 5.74) is 2.29. The van der Waals surface area contributed by atoms with E-state index in [4.69, 9.17) is 9.47 Å². The van der Waals surface area contributed by atoms with Gasteiger partial charge in [0.05, 0.1) is 12.2 Å². The Hall–Kier alpha value is -2.82. The third-order valence-corrected chi connectivity index (χ3v) is 4.63. The van der Waals surface area contributed by atoms with Crippen LogP contribution in [0.25, 0.3) is 0 Å². The van der Waals surface area contributed by atoms with Gasteiger partial charge in [0.1, 0.15) is 5.75 Å². The number of nitrogens with one attached hydrogen (secondary N) is 1. The fourth-order valence-electron chi connectivity index (χ4n) is 2.77. The summed E-state index contributed by atoms with van der Waals surface area (Å²) in [6, 6.07) is 14.4. The molecular formula is C24H31NO4. The SMILES string of the molecule is CCCCCCOC(=O)c1ccc(NC(=O)C(C)Oc2ccc(CC)cc2)cc1. The van der Waals surface area contributed by atoms with E-state index in [0.29, 0.717) is 23.6 Å². The number of aryl methyl sites for hydroxylation is 1.